The van der Waals surface area contributed by atoms with Crippen LogP contribution in [-0.2, 0) is 10.2 Å². The largest absolute Gasteiger partial charge is 0.495 e. The Bertz CT molecular complexity index is 594. The molecule has 1 fully saturated rings. The maximum absolute atomic E-state index is 12.5. The molecular formula is C13H20BrN3O3S. The average Bonchev–Trinajstić information content (AvgIpc) is 2.47. The van der Waals surface area contributed by atoms with Crippen LogP contribution >= 0.6 is 15.9 Å². The summed E-state index contributed by atoms with van der Waals surface area (Å²) in [6.07, 6.45) is 1.81. The van der Waals surface area contributed by atoms with Crippen molar-refractivity contribution in [2.45, 2.75) is 12.8 Å². The fourth-order valence-electron chi connectivity index (χ4n) is 2.40. The first-order valence-corrected chi connectivity index (χ1v) is 9.01. The number of anilines is 1. The Hall–Kier alpha value is -0.830. The fraction of sp³-hybridized carbons (Fsp3) is 0.538. The van der Waals surface area contributed by atoms with E-state index in [4.69, 9.17) is 10.5 Å². The van der Waals surface area contributed by atoms with E-state index in [9.17, 15) is 8.42 Å². The molecule has 8 heteroatoms. The van der Waals surface area contributed by atoms with Gasteiger partial charge in [-0.05, 0) is 43.5 Å². The van der Waals surface area contributed by atoms with Crippen LogP contribution in [0.3, 0.4) is 0 Å². The summed E-state index contributed by atoms with van der Waals surface area (Å²) in [6, 6.07) is 5.18. The molecule has 0 spiro atoms. The van der Waals surface area contributed by atoms with Crippen LogP contribution in [0.4, 0.5) is 5.69 Å². The highest BCUT2D eigenvalue weighted by Gasteiger charge is 2.28. The minimum atomic E-state index is -3.60. The molecule has 21 heavy (non-hydrogen) atoms. The first kappa shape index (κ1) is 16.5. The van der Waals surface area contributed by atoms with E-state index >= 15 is 0 Å². The number of benzene rings is 1. The Labute approximate surface area is 134 Å². The van der Waals surface area contributed by atoms with Crippen LogP contribution in [-0.4, -0.2) is 39.5 Å². The molecule has 0 saturated carbocycles. The van der Waals surface area contributed by atoms with Crippen molar-refractivity contribution in [2.24, 2.45) is 11.7 Å². The molecule has 1 aliphatic heterocycles. The minimum Gasteiger partial charge on any atom is -0.495 e. The number of rotatable bonds is 5. The first-order valence-electron chi connectivity index (χ1n) is 6.77. The maximum Gasteiger partial charge on any atom is 0.301 e. The Kier molecular flexibility index (Phi) is 5.48. The molecule has 1 saturated heterocycles. The molecule has 0 aliphatic carbocycles. The van der Waals surface area contributed by atoms with Crippen molar-refractivity contribution in [2.75, 3.05) is 31.5 Å². The van der Waals surface area contributed by atoms with E-state index in [2.05, 4.69) is 20.7 Å². The van der Waals surface area contributed by atoms with E-state index in [1.165, 1.54) is 11.4 Å². The number of methoxy groups -OCH3 is 1. The maximum atomic E-state index is 12.5. The first-order chi connectivity index (χ1) is 9.96. The normalized spacial score (nSPS) is 20.2. The highest BCUT2D eigenvalue weighted by atomic mass is 79.9. The number of ether oxygens (including phenoxy) is 1. The summed E-state index contributed by atoms with van der Waals surface area (Å²) in [6.45, 7) is 1.48. The highest BCUT2D eigenvalue weighted by molar-refractivity contribution is 9.10. The lowest BCUT2D eigenvalue weighted by Crippen LogP contribution is -2.44. The average molecular weight is 378 g/mol. The van der Waals surface area contributed by atoms with E-state index in [0.717, 1.165) is 17.3 Å². The topological polar surface area (TPSA) is 84.7 Å². The van der Waals surface area contributed by atoms with Crippen LogP contribution < -0.4 is 15.2 Å². The molecule has 1 aromatic rings. The van der Waals surface area contributed by atoms with E-state index in [0.29, 0.717) is 31.1 Å². The highest BCUT2D eigenvalue weighted by Crippen LogP contribution is 2.30. The number of hydrogen-bond acceptors (Lipinski definition) is 4. The van der Waals surface area contributed by atoms with Gasteiger partial charge in [-0.2, -0.15) is 12.7 Å². The summed E-state index contributed by atoms with van der Waals surface area (Å²) < 4.78 is 35.0. The fourth-order valence-corrected chi connectivity index (χ4v) is 4.11. The summed E-state index contributed by atoms with van der Waals surface area (Å²) in [5.74, 6) is 0.703. The molecule has 1 atom stereocenters. The number of nitrogens with one attached hydrogen (secondary N) is 1. The van der Waals surface area contributed by atoms with E-state index in [-0.39, 0.29) is 5.92 Å². The molecule has 1 heterocycles. The van der Waals surface area contributed by atoms with E-state index in [1.54, 1.807) is 18.2 Å². The van der Waals surface area contributed by atoms with Gasteiger partial charge >= 0.3 is 10.2 Å². The molecule has 6 nitrogen and oxygen atoms in total. The SMILES string of the molecule is COc1ccc(Br)cc1NS(=O)(=O)N1CCCC(CN)C1. The molecule has 1 unspecified atom stereocenters. The van der Waals surface area contributed by atoms with Crippen LogP contribution in [0.5, 0.6) is 5.75 Å². The van der Waals surface area contributed by atoms with Crippen LogP contribution in [0, 0.1) is 5.92 Å². The Balaban J connectivity index is 2.19. The molecule has 118 valence electrons. The summed E-state index contributed by atoms with van der Waals surface area (Å²) in [4.78, 5) is 0. The molecule has 0 aromatic heterocycles. The van der Waals surface area contributed by atoms with Gasteiger partial charge in [-0.25, -0.2) is 0 Å². The van der Waals surface area contributed by atoms with Gasteiger partial charge in [0.05, 0.1) is 12.8 Å². The van der Waals surface area contributed by atoms with Gasteiger partial charge in [-0.15, -0.1) is 0 Å². The van der Waals surface area contributed by atoms with Gasteiger partial charge in [0.1, 0.15) is 5.75 Å². The lowest BCUT2D eigenvalue weighted by molar-refractivity contribution is 0.272. The third-order valence-corrected chi connectivity index (χ3v) is 5.54. The quantitative estimate of drug-likeness (QED) is 0.818. The van der Waals surface area contributed by atoms with Gasteiger partial charge in [-0.1, -0.05) is 15.9 Å². The molecular weight excluding hydrogens is 358 g/mol. The number of piperidine rings is 1. The zero-order valence-corrected chi connectivity index (χ0v) is 14.3. The molecule has 0 bridgehead atoms. The lowest BCUT2D eigenvalue weighted by atomic mass is 10.0. The van der Waals surface area contributed by atoms with Crippen molar-refractivity contribution >= 4 is 31.8 Å². The number of nitrogens with two attached hydrogens (primary N) is 1. The predicted molar refractivity (Wildman–Crippen MR) is 86.6 cm³/mol. The van der Waals surface area contributed by atoms with Crippen molar-refractivity contribution in [3.05, 3.63) is 22.7 Å². The van der Waals surface area contributed by atoms with Gasteiger partial charge < -0.3 is 10.5 Å². The summed E-state index contributed by atoms with van der Waals surface area (Å²) in [5.41, 5.74) is 6.08. The van der Waals surface area contributed by atoms with E-state index < -0.39 is 10.2 Å². The van der Waals surface area contributed by atoms with Gasteiger partial charge in [0.2, 0.25) is 0 Å². The van der Waals surface area contributed by atoms with Crippen molar-refractivity contribution < 1.29 is 13.2 Å². The zero-order chi connectivity index (χ0) is 15.5. The van der Waals surface area contributed by atoms with Crippen molar-refractivity contribution in [1.29, 1.82) is 0 Å². The number of halogens is 1. The lowest BCUT2D eigenvalue weighted by Gasteiger charge is -2.31. The monoisotopic (exact) mass is 377 g/mol. The molecule has 2 rings (SSSR count). The molecule has 0 amide bonds. The second kappa shape index (κ2) is 6.95. The third-order valence-electron chi connectivity index (χ3n) is 3.56. The molecule has 1 aromatic carbocycles. The standard InChI is InChI=1S/C13H20BrN3O3S/c1-20-13-5-4-11(14)7-12(13)16-21(18,19)17-6-2-3-10(8-15)9-17/h4-5,7,10,16H,2-3,6,8-9,15H2,1H3. The van der Waals surface area contributed by atoms with E-state index in [1.807, 2.05) is 0 Å². The summed E-state index contributed by atoms with van der Waals surface area (Å²) in [7, 11) is -2.10. The second-order valence-corrected chi connectivity index (χ2v) is 7.64. The molecule has 1 aliphatic rings. The Morgan fingerprint density at radius 1 is 1.52 bits per heavy atom. The molecule has 0 radical (unpaired) electrons. The van der Waals surface area contributed by atoms with Crippen LogP contribution in [0.25, 0.3) is 0 Å². The predicted octanol–water partition coefficient (Wildman–Crippen LogP) is 1.79. The third kappa shape index (κ3) is 4.09. The van der Waals surface area contributed by atoms with Gasteiger partial charge in [0, 0.05) is 17.6 Å². The van der Waals surface area contributed by atoms with Crippen molar-refractivity contribution in [3.8, 4) is 5.75 Å². The second-order valence-electron chi connectivity index (χ2n) is 5.05. The number of hydrogen-bond donors (Lipinski definition) is 2. The summed E-state index contributed by atoms with van der Waals surface area (Å²) >= 11 is 3.33. The van der Waals surface area contributed by atoms with Crippen LogP contribution in [0.2, 0.25) is 0 Å². The zero-order valence-electron chi connectivity index (χ0n) is 11.9. The van der Waals surface area contributed by atoms with Crippen molar-refractivity contribution in [3.63, 3.8) is 0 Å². The molecule has 3 N–H and O–H groups in total. The van der Waals surface area contributed by atoms with Crippen LogP contribution in [0.15, 0.2) is 22.7 Å². The number of nitrogens with zero attached hydrogens (tertiary/aromatic N) is 1. The minimum absolute atomic E-state index is 0.222. The van der Waals surface area contributed by atoms with Gasteiger partial charge in [0.15, 0.2) is 0 Å². The van der Waals surface area contributed by atoms with Gasteiger partial charge in [0.25, 0.3) is 0 Å². The van der Waals surface area contributed by atoms with Gasteiger partial charge in [-0.3, -0.25) is 4.72 Å². The summed E-state index contributed by atoms with van der Waals surface area (Å²) in [5, 5.41) is 0. The Morgan fingerprint density at radius 2 is 2.29 bits per heavy atom. The van der Waals surface area contributed by atoms with Crippen molar-refractivity contribution in [1.82, 2.24) is 4.31 Å². The Morgan fingerprint density at radius 3 is 2.95 bits per heavy atom. The smallest absolute Gasteiger partial charge is 0.301 e. The van der Waals surface area contributed by atoms with Crippen LogP contribution in [0.1, 0.15) is 12.8 Å².